The summed E-state index contributed by atoms with van der Waals surface area (Å²) < 4.78 is 28.8. The molecule has 0 spiro atoms. The first kappa shape index (κ1) is 17.7. The van der Waals surface area contributed by atoms with E-state index in [-0.39, 0.29) is 15.7 Å². The maximum absolute atomic E-state index is 12.3. The van der Waals surface area contributed by atoms with Crippen molar-refractivity contribution in [1.29, 1.82) is 0 Å². The summed E-state index contributed by atoms with van der Waals surface area (Å²) in [6.07, 6.45) is 1.39. The molecule has 0 atom stereocenters. The summed E-state index contributed by atoms with van der Waals surface area (Å²) in [5.41, 5.74) is -0.268. The summed E-state index contributed by atoms with van der Waals surface area (Å²) in [5, 5.41) is -0.00394. The van der Waals surface area contributed by atoms with E-state index in [1.54, 1.807) is 7.05 Å². The second kappa shape index (κ2) is 6.45. The fourth-order valence-corrected chi connectivity index (χ4v) is 4.07. The Labute approximate surface area is 137 Å². The maximum atomic E-state index is 12.3. The van der Waals surface area contributed by atoms with Crippen molar-refractivity contribution in [2.24, 2.45) is 7.05 Å². The molecule has 126 valence electrons. The van der Waals surface area contributed by atoms with E-state index >= 15 is 0 Å². The van der Waals surface area contributed by atoms with Crippen LogP contribution in [0.1, 0.15) is 13.8 Å². The minimum atomic E-state index is -3.70. The van der Waals surface area contributed by atoms with Crippen molar-refractivity contribution in [1.82, 2.24) is 24.1 Å². The lowest BCUT2D eigenvalue weighted by molar-refractivity contribution is 0.0652. The van der Waals surface area contributed by atoms with Gasteiger partial charge in [-0.1, -0.05) is 11.6 Å². The van der Waals surface area contributed by atoms with Crippen molar-refractivity contribution >= 4 is 21.6 Å². The minimum absolute atomic E-state index is 0.116. The lowest BCUT2D eigenvalue weighted by atomic mass is 10.0. The Balaban J connectivity index is 2.03. The van der Waals surface area contributed by atoms with Gasteiger partial charge in [0.15, 0.2) is 0 Å². The normalized spacial score (nSPS) is 18.8. The van der Waals surface area contributed by atoms with Crippen LogP contribution >= 0.6 is 11.6 Å². The summed E-state index contributed by atoms with van der Waals surface area (Å²) in [6.45, 7) is 8.23. The second-order valence-corrected chi connectivity index (χ2v) is 8.42. The molecule has 1 aromatic rings. The van der Waals surface area contributed by atoms with Gasteiger partial charge in [0, 0.05) is 45.3 Å². The molecule has 0 radical (unpaired) electrons. The van der Waals surface area contributed by atoms with Crippen LogP contribution in [0.2, 0.25) is 5.15 Å². The van der Waals surface area contributed by atoms with Crippen LogP contribution in [-0.4, -0.2) is 73.1 Å². The third-order valence-electron chi connectivity index (χ3n) is 4.14. The summed E-state index contributed by atoms with van der Waals surface area (Å²) in [4.78, 5) is 8.44. The lowest BCUT2D eigenvalue weighted by Crippen LogP contribution is -2.57. The predicted molar refractivity (Wildman–Crippen MR) is 86.6 cm³/mol. The molecule has 0 amide bonds. The van der Waals surface area contributed by atoms with Gasteiger partial charge in [-0.25, -0.2) is 18.1 Å². The van der Waals surface area contributed by atoms with E-state index in [2.05, 4.69) is 26.6 Å². The van der Waals surface area contributed by atoms with Gasteiger partial charge in [-0.3, -0.25) is 4.90 Å². The van der Waals surface area contributed by atoms with Crippen molar-refractivity contribution < 1.29 is 8.42 Å². The zero-order valence-corrected chi connectivity index (χ0v) is 15.1. The molecular weight excluding hydrogens is 326 g/mol. The molecule has 0 unspecified atom stereocenters. The molecule has 1 aliphatic heterocycles. The van der Waals surface area contributed by atoms with E-state index in [0.29, 0.717) is 6.54 Å². The first-order valence-corrected chi connectivity index (χ1v) is 9.10. The zero-order chi connectivity index (χ0) is 16.5. The van der Waals surface area contributed by atoms with Gasteiger partial charge in [0.25, 0.3) is 10.0 Å². The van der Waals surface area contributed by atoms with Gasteiger partial charge in [-0.05, 0) is 20.9 Å². The van der Waals surface area contributed by atoms with Crippen LogP contribution in [0.4, 0.5) is 0 Å². The van der Waals surface area contributed by atoms with Gasteiger partial charge in [0.05, 0.1) is 6.33 Å². The summed E-state index contributed by atoms with van der Waals surface area (Å²) in [6, 6.07) is 0. The number of aromatic nitrogens is 2. The second-order valence-electron chi connectivity index (χ2n) is 6.38. The Morgan fingerprint density at radius 2 is 1.86 bits per heavy atom. The number of nitrogens with zero attached hydrogens (tertiary/aromatic N) is 4. The van der Waals surface area contributed by atoms with Crippen LogP contribution in [0.5, 0.6) is 0 Å². The van der Waals surface area contributed by atoms with Gasteiger partial charge < -0.3 is 9.47 Å². The number of hydrogen-bond donors (Lipinski definition) is 1. The largest absolute Gasteiger partial charge is 0.324 e. The molecular formula is C13H24ClN5O2S. The Morgan fingerprint density at radius 3 is 2.36 bits per heavy atom. The maximum Gasteiger partial charge on any atom is 0.261 e. The number of nitrogens with one attached hydrogen (secondary N) is 1. The smallest absolute Gasteiger partial charge is 0.261 e. The van der Waals surface area contributed by atoms with Gasteiger partial charge >= 0.3 is 0 Å². The number of aryl methyl sites for hydroxylation is 1. The number of piperazine rings is 1. The number of imidazole rings is 1. The third kappa shape index (κ3) is 3.80. The first-order valence-electron chi connectivity index (χ1n) is 7.23. The van der Waals surface area contributed by atoms with E-state index in [1.807, 2.05) is 13.8 Å². The Hall–Kier alpha value is -0.670. The van der Waals surface area contributed by atoms with Gasteiger partial charge in [0.1, 0.15) is 5.15 Å². The molecule has 0 aliphatic carbocycles. The molecule has 0 aromatic carbocycles. The molecule has 9 heteroatoms. The monoisotopic (exact) mass is 349 g/mol. The summed E-state index contributed by atoms with van der Waals surface area (Å²) >= 11 is 5.97. The average Bonchev–Trinajstić information content (AvgIpc) is 2.78. The topological polar surface area (TPSA) is 70.5 Å². The van der Waals surface area contributed by atoms with Crippen LogP contribution in [0.25, 0.3) is 0 Å². The van der Waals surface area contributed by atoms with E-state index in [0.717, 1.165) is 26.2 Å². The van der Waals surface area contributed by atoms with E-state index < -0.39 is 10.0 Å². The highest BCUT2D eigenvalue weighted by atomic mass is 35.5. The molecule has 2 heterocycles. The SMILES string of the molecule is CN1CCN(C(C)(C)CNS(=O)(=O)c2ncn(C)c2Cl)CC1. The van der Waals surface area contributed by atoms with E-state index in [9.17, 15) is 8.42 Å². The molecule has 1 aromatic heterocycles. The highest BCUT2D eigenvalue weighted by Crippen LogP contribution is 2.20. The molecule has 0 saturated carbocycles. The molecule has 1 fully saturated rings. The summed E-state index contributed by atoms with van der Waals surface area (Å²) in [5.74, 6) is 0. The molecule has 2 rings (SSSR count). The van der Waals surface area contributed by atoms with E-state index in [1.165, 1.54) is 10.9 Å². The van der Waals surface area contributed by atoms with E-state index in [4.69, 9.17) is 11.6 Å². The summed E-state index contributed by atoms with van der Waals surface area (Å²) in [7, 11) is 0.0449. The number of halogens is 1. The van der Waals surface area contributed by atoms with Crippen molar-refractivity contribution in [3.63, 3.8) is 0 Å². The van der Waals surface area contributed by atoms with Crippen molar-refractivity contribution in [3.8, 4) is 0 Å². The number of sulfonamides is 1. The molecule has 0 bridgehead atoms. The van der Waals surface area contributed by atoms with Gasteiger partial charge in [-0.2, -0.15) is 0 Å². The molecule has 1 N–H and O–H groups in total. The van der Waals surface area contributed by atoms with Crippen LogP contribution in [0, 0.1) is 0 Å². The lowest BCUT2D eigenvalue weighted by Gasteiger charge is -2.43. The van der Waals surface area contributed by atoms with Crippen LogP contribution < -0.4 is 4.72 Å². The first-order chi connectivity index (χ1) is 10.1. The average molecular weight is 350 g/mol. The van der Waals surface area contributed by atoms with Crippen LogP contribution in [0.3, 0.4) is 0 Å². The van der Waals surface area contributed by atoms with Gasteiger partial charge in [0.2, 0.25) is 5.03 Å². The van der Waals surface area contributed by atoms with Crippen LogP contribution in [-0.2, 0) is 17.1 Å². The van der Waals surface area contributed by atoms with Crippen molar-refractivity contribution in [3.05, 3.63) is 11.5 Å². The number of likely N-dealkylation sites (N-methyl/N-ethyl adjacent to an activating group) is 1. The Bertz CT molecular complexity index is 620. The van der Waals surface area contributed by atoms with Crippen molar-refractivity contribution in [2.45, 2.75) is 24.4 Å². The van der Waals surface area contributed by atoms with Crippen molar-refractivity contribution in [2.75, 3.05) is 39.8 Å². The minimum Gasteiger partial charge on any atom is -0.324 e. The zero-order valence-electron chi connectivity index (χ0n) is 13.5. The Kier molecular flexibility index (Phi) is 5.18. The standard InChI is InChI=1S/C13H24ClN5O2S/c1-13(2,19-7-5-17(3)6-8-19)9-16-22(20,21)12-11(14)18(4)10-15-12/h10,16H,5-9H2,1-4H3. The third-order valence-corrected chi connectivity index (χ3v) is 6.03. The predicted octanol–water partition coefficient (Wildman–Crippen LogP) is 0.378. The highest BCUT2D eigenvalue weighted by molar-refractivity contribution is 7.89. The highest BCUT2D eigenvalue weighted by Gasteiger charge is 2.31. The molecule has 1 saturated heterocycles. The fraction of sp³-hybridized carbons (Fsp3) is 0.769. The number of hydrogen-bond acceptors (Lipinski definition) is 5. The molecule has 7 nitrogen and oxygen atoms in total. The van der Waals surface area contributed by atoms with Gasteiger partial charge in [-0.15, -0.1) is 0 Å². The molecule has 22 heavy (non-hydrogen) atoms. The fourth-order valence-electron chi connectivity index (χ4n) is 2.44. The molecule has 1 aliphatic rings. The quantitative estimate of drug-likeness (QED) is 0.832. The Morgan fingerprint density at radius 1 is 1.27 bits per heavy atom. The van der Waals surface area contributed by atoms with Crippen LogP contribution in [0.15, 0.2) is 11.4 Å². The number of rotatable bonds is 5.